The smallest absolute Gasteiger partial charge is 0.0833 e. The van der Waals surface area contributed by atoms with E-state index in [9.17, 15) is 5.11 Å². The molecule has 1 unspecified atom stereocenters. The molecular formula is C11H25NO2S. The first-order valence-electron chi connectivity index (χ1n) is 5.30. The van der Waals surface area contributed by atoms with Gasteiger partial charge in [-0.3, -0.25) is 0 Å². The minimum Gasteiger partial charge on any atom is -0.388 e. The Morgan fingerprint density at radius 2 is 1.93 bits per heavy atom. The number of thioether (sulfide) groups is 1. The van der Waals surface area contributed by atoms with E-state index in [0.29, 0.717) is 6.54 Å². The minimum absolute atomic E-state index is 0.0850. The van der Waals surface area contributed by atoms with Crippen LogP contribution in [0.3, 0.4) is 0 Å². The lowest BCUT2D eigenvalue weighted by Crippen LogP contribution is -2.41. The fraction of sp³-hybridized carbons (Fsp3) is 1.00. The van der Waals surface area contributed by atoms with Crippen molar-refractivity contribution in [3.63, 3.8) is 0 Å². The van der Waals surface area contributed by atoms with Gasteiger partial charge in [-0.25, -0.2) is 0 Å². The third-order valence-electron chi connectivity index (χ3n) is 2.42. The van der Waals surface area contributed by atoms with Crippen molar-refractivity contribution in [1.29, 1.82) is 0 Å². The molecule has 0 aliphatic carbocycles. The normalized spacial score (nSPS) is 16.4. The van der Waals surface area contributed by atoms with E-state index >= 15 is 0 Å². The highest BCUT2D eigenvalue weighted by atomic mass is 32.2. The molecular weight excluding hydrogens is 210 g/mol. The zero-order valence-corrected chi connectivity index (χ0v) is 11.4. The average Bonchev–Trinajstić information content (AvgIpc) is 2.13. The summed E-state index contributed by atoms with van der Waals surface area (Å²) in [5.74, 6) is 0.758. The van der Waals surface area contributed by atoms with Crippen molar-refractivity contribution in [2.75, 3.05) is 32.2 Å². The summed E-state index contributed by atoms with van der Waals surface area (Å²) in [6, 6.07) is 0. The van der Waals surface area contributed by atoms with Crippen LogP contribution in [0.4, 0.5) is 0 Å². The maximum absolute atomic E-state index is 9.89. The number of aliphatic hydroxyl groups is 1. The number of hydrogen-bond donors (Lipinski definition) is 2. The summed E-state index contributed by atoms with van der Waals surface area (Å²) in [5, 5.41) is 13.1. The van der Waals surface area contributed by atoms with Crippen LogP contribution in [0.5, 0.6) is 0 Å². The van der Waals surface area contributed by atoms with Crippen LogP contribution in [0.1, 0.15) is 27.2 Å². The summed E-state index contributed by atoms with van der Waals surface area (Å²) < 4.78 is 5.31. The zero-order valence-electron chi connectivity index (χ0n) is 10.6. The lowest BCUT2D eigenvalue weighted by Gasteiger charge is -2.26. The molecule has 0 spiro atoms. The van der Waals surface area contributed by atoms with Gasteiger partial charge in [0, 0.05) is 19.4 Å². The van der Waals surface area contributed by atoms with Gasteiger partial charge in [0.2, 0.25) is 0 Å². The van der Waals surface area contributed by atoms with Crippen LogP contribution in [-0.2, 0) is 4.74 Å². The molecule has 0 aromatic rings. The maximum Gasteiger partial charge on any atom is 0.0833 e. The second-order valence-electron chi connectivity index (χ2n) is 4.82. The fourth-order valence-corrected chi connectivity index (χ4v) is 1.94. The first-order valence-corrected chi connectivity index (χ1v) is 6.69. The van der Waals surface area contributed by atoms with E-state index in [0.717, 1.165) is 18.7 Å². The van der Waals surface area contributed by atoms with Crippen LogP contribution in [-0.4, -0.2) is 48.5 Å². The highest BCUT2D eigenvalue weighted by Crippen LogP contribution is 2.12. The molecule has 0 bridgehead atoms. The molecule has 3 nitrogen and oxygen atoms in total. The predicted molar refractivity (Wildman–Crippen MR) is 67.6 cm³/mol. The van der Waals surface area contributed by atoms with Gasteiger partial charge in [0.1, 0.15) is 0 Å². The molecule has 2 N–H and O–H groups in total. The van der Waals surface area contributed by atoms with Gasteiger partial charge in [-0.15, -0.1) is 0 Å². The van der Waals surface area contributed by atoms with E-state index in [2.05, 4.69) is 19.2 Å². The first-order chi connectivity index (χ1) is 6.83. The van der Waals surface area contributed by atoms with Crippen LogP contribution in [0.2, 0.25) is 0 Å². The van der Waals surface area contributed by atoms with E-state index in [4.69, 9.17) is 4.74 Å². The molecule has 0 fully saturated rings. The van der Waals surface area contributed by atoms with Crippen LogP contribution in [0.15, 0.2) is 0 Å². The van der Waals surface area contributed by atoms with Crippen molar-refractivity contribution < 1.29 is 9.84 Å². The van der Waals surface area contributed by atoms with E-state index in [-0.39, 0.29) is 5.60 Å². The van der Waals surface area contributed by atoms with Gasteiger partial charge in [-0.05, 0) is 40.0 Å². The molecule has 0 aliphatic rings. The number of hydrogen-bond acceptors (Lipinski definition) is 4. The summed E-state index contributed by atoms with van der Waals surface area (Å²) in [7, 11) is 1.73. The fourth-order valence-electron chi connectivity index (χ4n) is 1.21. The Balaban J connectivity index is 3.62. The second kappa shape index (κ2) is 6.74. The second-order valence-corrected chi connectivity index (χ2v) is 5.69. The van der Waals surface area contributed by atoms with E-state index in [1.807, 2.05) is 13.2 Å². The van der Waals surface area contributed by atoms with Crippen LogP contribution < -0.4 is 5.32 Å². The SMILES string of the molecule is COC(C)(C)CCNCC(C)(O)CSC. The quantitative estimate of drug-likeness (QED) is 0.626. The van der Waals surface area contributed by atoms with Crippen LogP contribution in [0, 0.1) is 0 Å². The van der Waals surface area contributed by atoms with E-state index in [1.165, 1.54) is 0 Å². The van der Waals surface area contributed by atoms with E-state index in [1.54, 1.807) is 18.9 Å². The number of rotatable bonds is 8. The molecule has 92 valence electrons. The van der Waals surface area contributed by atoms with Crippen molar-refractivity contribution in [3.8, 4) is 0 Å². The summed E-state index contributed by atoms with van der Waals surface area (Å²) >= 11 is 1.66. The molecule has 0 aromatic carbocycles. The van der Waals surface area contributed by atoms with Gasteiger partial charge in [0.05, 0.1) is 11.2 Å². The summed E-state index contributed by atoms with van der Waals surface area (Å²) in [4.78, 5) is 0. The molecule has 0 radical (unpaired) electrons. The third-order valence-corrected chi connectivity index (χ3v) is 3.33. The number of methoxy groups -OCH3 is 1. The Kier molecular flexibility index (Phi) is 6.84. The summed E-state index contributed by atoms with van der Waals surface area (Å²) in [5.41, 5.74) is -0.699. The number of nitrogens with one attached hydrogen (secondary N) is 1. The maximum atomic E-state index is 9.89. The van der Waals surface area contributed by atoms with Gasteiger partial charge in [-0.1, -0.05) is 0 Å². The van der Waals surface area contributed by atoms with Crippen molar-refractivity contribution >= 4 is 11.8 Å². The molecule has 0 aromatic heterocycles. The van der Waals surface area contributed by atoms with E-state index < -0.39 is 5.60 Å². The van der Waals surface area contributed by atoms with Gasteiger partial charge in [-0.2, -0.15) is 11.8 Å². The molecule has 0 saturated carbocycles. The van der Waals surface area contributed by atoms with Crippen molar-refractivity contribution in [2.24, 2.45) is 0 Å². The van der Waals surface area contributed by atoms with Gasteiger partial charge in [0.25, 0.3) is 0 Å². The van der Waals surface area contributed by atoms with Crippen molar-refractivity contribution in [3.05, 3.63) is 0 Å². The Morgan fingerprint density at radius 1 is 1.33 bits per heavy atom. The monoisotopic (exact) mass is 235 g/mol. The molecule has 15 heavy (non-hydrogen) atoms. The van der Waals surface area contributed by atoms with Gasteiger partial charge < -0.3 is 15.2 Å². The molecule has 0 heterocycles. The van der Waals surface area contributed by atoms with Crippen molar-refractivity contribution in [2.45, 2.75) is 38.4 Å². The molecule has 1 atom stereocenters. The molecule has 0 saturated heterocycles. The van der Waals surface area contributed by atoms with Gasteiger partial charge >= 0.3 is 0 Å². The summed E-state index contributed by atoms with van der Waals surface area (Å²) in [6.07, 6.45) is 2.95. The predicted octanol–water partition coefficient (Wildman–Crippen LogP) is 1.51. The third kappa shape index (κ3) is 8.08. The summed E-state index contributed by atoms with van der Waals surface area (Å²) in [6.45, 7) is 7.49. The van der Waals surface area contributed by atoms with Crippen LogP contribution >= 0.6 is 11.8 Å². The minimum atomic E-state index is -0.614. The average molecular weight is 235 g/mol. The molecule has 0 amide bonds. The largest absolute Gasteiger partial charge is 0.388 e. The number of ether oxygens (including phenoxy) is 1. The standard InChI is InChI=1S/C11H25NO2S/c1-10(2,14-4)6-7-12-8-11(3,13)9-15-5/h12-13H,6-9H2,1-5H3. The first kappa shape index (κ1) is 15.2. The Hall–Kier alpha value is 0.230. The molecule has 0 rings (SSSR count). The zero-order chi connectivity index (χ0) is 11.9. The Morgan fingerprint density at radius 3 is 2.40 bits per heavy atom. The molecule has 4 heteroatoms. The highest BCUT2D eigenvalue weighted by molar-refractivity contribution is 7.98. The Labute approximate surface area is 98.0 Å². The lowest BCUT2D eigenvalue weighted by molar-refractivity contribution is 0.0139. The van der Waals surface area contributed by atoms with Crippen molar-refractivity contribution in [1.82, 2.24) is 5.32 Å². The topological polar surface area (TPSA) is 41.5 Å². The lowest BCUT2D eigenvalue weighted by atomic mass is 10.0. The van der Waals surface area contributed by atoms with Gasteiger partial charge in [0.15, 0.2) is 0 Å². The Bertz CT molecular complexity index is 172. The van der Waals surface area contributed by atoms with Crippen LogP contribution in [0.25, 0.3) is 0 Å². The molecule has 0 aliphatic heterocycles. The highest BCUT2D eigenvalue weighted by Gasteiger charge is 2.20.